The van der Waals surface area contributed by atoms with E-state index in [-0.39, 0.29) is 4.32 Å². The lowest BCUT2D eigenvalue weighted by molar-refractivity contribution is -0.00698. The molecule has 0 N–H and O–H groups in total. The van der Waals surface area contributed by atoms with E-state index >= 15 is 0 Å². The summed E-state index contributed by atoms with van der Waals surface area (Å²) < 4.78 is 5.30. The molecular weight excluding hydrogens is 228 g/mol. The molecule has 0 saturated carbocycles. The van der Waals surface area contributed by atoms with E-state index in [1.54, 1.807) is 0 Å². The van der Waals surface area contributed by atoms with Crippen LogP contribution in [0.5, 0.6) is 0 Å². The topological polar surface area (TPSA) is 9.23 Å². The zero-order chi connectivity index (χ0) is 9.31. The second-order valence-corrected chi connectivity index (χ2v) is 5.03. The van der Waals surface area contributed by atoms with Crippen LogP contribution < -0.4 is 0 Å². The number of halogens is 1. The summed E-state index contributed by atoms with van der Waals surface area (Å²) in [5.41, 5.74) is 2.72. The molecule has 0 atom stereocenters. The zero-order valence-electron chi connectivity index (χ0n) is 7.72. The van der Waals surface area contributed by atoms with Crippen LogP contribution in [0.4, 0.5) is 0 Å². The number of hydrogen-bond donors (Lipinski definition) is 0. The van der Waals surface area contributed by atoms with Crippen molar-refractivity contribution in [3.8, 4) is 0 Å². The van der Waals surface area contributed by atoms with Crippen molar-refractivity contribution in [2.24, 2.45) is 0 Å². The molecule has 70 valence electrons. The molecule has 0 amide bonds. The Labute approximate surface area is 87.2 Å². The molecular formula is C11H13BrO. The second kappa shape index (κ2) is 3.43. The molecule has 0 aliphatic carbocycles. The van der Waals surface area contributed by atoms with E-state index in [1.807, 2.05) is 0 Å². The third-order valence-electron chi connectivity index (χ3n) is 2.54. The molecule has 0 spiro atoms. The highest BCUT2D eigenvalue weighted by Gasteiger charge is 2.37. The molecule has 0 bridgehead atoms. The fourth-order valence-corrected chi connectivity index (χ4v) is 2.08. The van der Waals surface area contributed by atoms with Crippen LogP contribution in [0.2, 0.25) is 0 Å². The van der Waals surface area contributed by atoms with E-state index in [9.17, 15) is 0 Å². The summed E-state index contributed by atoms with van der Waals surface area (Å²) in [4.78, 5) is 0. The summed E-state index contributed by atoms with van der Waals surface area (Å²) in [5.74, 6) is 0. The van der Waals surface area contributed by atoms with Gasteiger partial charge in [0.1, 0.15) is 0 Å². The van der Waals surface area contributed by atoms with Crippen molar-refractivity contribution in [3.05, 3.63) is 35.4 Å². The largest absolute Gasteiger partial charge is 0.378 e. The Morgan fingerprint density at radius 1 is 1.31 bits per heavy atom. The lowest BCUT2D eigenvalue weighted by atomic mass is 9.96. The third-order valence-corrected chi connectivity index (χ3v) is 3.46. The lowest BCUT2D eigenvalue weighted by Crippen LogP contribution is -2.40. The molecule has 1 nitrogen and oxygen atoms in total. The molecule has 1 aliphatic rings. The summed E-state index contributed by atoms with van der Waals surface area (Å²) in [5, 5.41) is 0. The van der Waals surface area contributed by atoms with Crippen LogP contribution in [-0.2, 0) is 15.5 Å². The maximum absolute atomic E-state index is 5.20. The molecule has 1 aromatic rings. The van der Waals surface area contributed by atoms with Gasteiger partial charge in [0.2, 0.25) is 0 Å². The van der Waals surface area contributed by atoms with E-state index in [0.717, 1.165) is 19.6 Å². The monoisotopic (exact) mass is 240 g/mol. The first-order chi connectivity index (χ1) is 6.24. The SMILES string of the molecule is CCc1ccc(C2(Br)COC2)cc1. The van der Waals surface area contributed by atoms with Crippen molar-refractivity contribution in [3.63, 3.8) is 0 Å². The predicted molar refractivity (Wildman–Crippen MR) is 57.2 cm³/mol. The second-order valence-electron chi connectivity index (χ2n) is 3.51. The normalized spacial score (nSPS) is 19.5. The molecule has 1 aromatic carbocycles. The van der Waals surface area contributed by atoms with Crippen LogP contribution in [0.15, 0.2) is 24.3 Å². The summed E-state index contributed by atoms with van der Waals surface area (Å²) in [6, 6.07) is 8.76. The van der Waals surface area contributed by atoms with Gasteiger partial charge in [-0.1, -0.05) is 47.1 Å². The van der Waals surface area contributed by atoms with Crippen LogP contribution >= 0.6 is 15.9 Å². The average Bonchev–Trinajstić information content (AvgIpc) is 2.14. The third kappa shape index (κ3) is 1.65. The van der Waals surface area contributed by atoms with Gasteiger partial charge in [-0.2, -0.15) is 0 Å². The average molecular weight is 241 g/mol. The maximum Gasteiger partial charge on any atom is 0.0971 e. The van der Waals surface area contributed by atoms with Gasteiger partial charge in [0.05, 0.1) is 17.5 Å². The first-order valence-corrected chi connectivity index (χ1v) is 5.40. The quantitative estimate of drug-likeness (QED) is 0.723. The van der Waals surface area contributed by atoms with Crippen LogP contribution in [0.1, 0.15) is 18.1 Å². The molecule has 1 fully saturated rings. The molecule has 2 heteroatoms. The number of aryl methyl sites for hydroxylation is 1. The molecule has 1 aliphatic heterocycles. The number of alkyl halides is 1. The molecule has 13 heavy (non-hydrogen) atoms. The Morgan fingerprint density at radius 2 is 1.92 bits per heavy atom. The van der Waals surface area contributed by atoms with Gasteiger partial charge in [-0.25, -0.2) is 0 Å². The zero-order valence-corrected chi connectivity index (χ0v) is 9.30. The minimum Gasteiger partial charge on any atom is -0.378 e. The number of ether oxygens (including phenoxy) is 1. The number of rotatable bonds is 2. The van der Waals surface area contributed by atoms with Crippen molar-refractivity contribution in [2.45, 2.75) is 17.7 Å². The van der Waals surface area contributed by atoms with Crippen LogP contribution in [0, 0.1) is 0 Å². The van der Waals surface area contributed by atoms with Crippen LogP contribution in [0.25, 0.3) is 0 Å². The highest BCUT2D eigenvalue weighted by molar-refractivity contribution is 9.09. The van der Waals surface area contributed by atoms with Gasteiger partial charge in [-0.3, -0.25) is 0 Å². The first kappa shape index (κ1) is 9.22. The maximum atomic E-state index is 5.20. The Bertz CT molecular complexity index is 287. The smallest absolute Gasteiger partial charge is 0.0971 e. The Balaban J connectivity index is 2.22. The van der Waals surface area contributed by atoms with E-state index < -0.39 is 0 Å². The summed E-state index contributed by atoms with van der Waals surface area (Å²) in [6.07, 6.45) is 1.10. The molecule has 2 rings (SSSR count). The fourth-order valence-electron chi connectivity index (χ4n) is 1.49. The summed E-state index contributed by atoms with van der Waals surface area (Å²) >= 11 is 3.70. The van der Waals surface area contributed by atoms with Gasteiger partial charge in [0.15, 0.2) is 0 Å². The number of benzene rings is 1. The number of hydrogen-bond acceptors (Lipinski definition) is 1. The Morgan fingerprint density at radius 3 is 2.31 bits per heavy atom. The molecule has 0 aromatic heterocycles. The van der Waals surface area contributed by atoms with Crippen molar-refractivity contribution >= 4 is 15.9 Å². The van der Waals surface area contributed by atoms with Gasteiger partial charge < -0.3 is 4.74 Å². The fraction of sp³-hybridized carbons (Fsp3) is 0.455. The van der Waals surface area contributed by atoms with E-state index in [0.29, 0.717) is 0 Å². The van der Waals surface area contributed by atoms with Gasteiger partial charge in [0, 0.05) is 0 Å². The minimum atomic E-state index is 0.0965. The van der Waals surface area contributed by atoms with E-state index in [1.165, 1.54) is 11.1 Å². The van der Waals surface area contributed by atoms with Crippen molar-refractivity contribution in [1.29, 1.82) is 0 Å². The predicted octanol–water partition coefficient (Wildman–Crippen LogP) is 2.87. The lowest BCUT2D eigenvalue weighted by Gasteiger charge is -2.36. The van der Waals surface area contributed by atoms with E-state index in [4.69, 9.17) is 4.74 Å². The van der Waals surface area contributed by atoms with E-state index in [2.05, 4.69) is 47.1 Å². The van der Waals surface area contributed by atoms with Crippen molar-refractivity contribution in [1.82, 2.24) is 0 Å². The van der Waals surface area contributed by atoms with Gasteiger partial charge in [0.25, 0.3) is 0 Å². The Hall–Kier alpha value is -0.340. The van der Waals surface area contributed by atoms with Crippen LogP contribution in [-0.4, -0.2) is 13.2 Å². The summed E-state index contributed by atoms with van der Waals surface area (Å²) in [6.45, 7) is 3.75. The highest BCUT2D eigenvalue weighted by Crippen LogP contribution is 2.38. The Kier molecular flexibility index (Phi) is 2.43. The van der Waals surface area contributed by atoms with Gasteiger partial charge in [-0.15, -0.1) is 0 Å². The minimum absolute atomic E-state index is 0.0965. The standard InChI is InChI=1S/C11H13BrO/c1-2-9-3-5-10(6-4-9)11(12)7-13-8-11/h3-6H,2,7-8H2,1H3. The highest BCUT2D eigenvalue weighted by atomic mass is 79.9. The molecule has 1 heterocycles. The van der Waals surface area contributed by atoms with Crippen LogP contribution in [0.3, 0.4) is 0 Å². The first-order valence-electron chi connectivity index (χ1n) is 4.61. The molecule has 0 radical (unpaired) electrons. The van der Waals surface area contributed by atoms with Gasteiger partial charge >= 0.3 is 0 Å². The molecule has 0 unspecified atom stereocenters. The van der Waals surface area contributed by atoms with Crippen molar-refractivity contribution < 1.29 is 4.74 Å². The summed E-state index contributed by atoms with van der Waals surface area (Å²) in [7, 11) is 0. The van der Waals surface area contributed by atoms with Gasteiger partial charge in [-0.05, 0) is 17.5 Å². The van der Waals surface area contributed by atoms with Crippen molar-refractivity contribution in [2.75, 3.05) is 13.2 Å². The molecule has 1 saturated heterocycles.